The molecule has 3 aromatic rings. The number of thioether (sulfide) groups is 1. The first-order chi connectivity index (χ1) is 16.1. The van der Waals surface area contributed by atoms with Crippen LogP contribution in [0, 0.1) is 6.92 Å². The molecule has 6 heteroatoms. The number of amides is 2. The van der Waals surface area contributed by atoms with E-state index in [1.807, 2.05) is 79.7 Å². The van der Waals surface area contributed by atoms with Crippen LogP contribution < -0.4 is 5.32 Å². The van der Waals surface area contributed by atoms with E-state index < -0.39 is 5.25 Å². The Bertz CT molecular complexity index is 1130. The minimum absolute atomic E-state index is 0.0686. The summed E-state index contributed by atoms with van der Waals surface area (Å²) >= 11 is 1.36. The molecule has 1 N–H and O–H groups in total. The molecule has 5 nitrogen and oxygen atoms in total. The number of anilines is 1. The predicted molar refractivity (Wildman–Crippen MR) is 136 cm³/mol. The molecule has 1 aliphatic heterocycles. The third kappa shape index (κ3) is 6.33. The van der Waals surface area contributed by atoms with Gasteiger partial charge in [-0.05, 0) is 55.2 Å². The Labute approximate surface area is 198 Å². The van der Waals surface area contributed by atoms with Crippen LogP contribution >= 0.6 is 11.8 Å². The Morgan fingerprint density at radius 3 is 2.48 bits per heavy atom. The van der Waals surface area contributed by atoms with Crippen molar-refractivity contribution in [1.82, 2.24) is 4.90 Å². The minimum atomic E-state index is -0.522. The highest BCUT2D eigenvalue weighted by Crippen LogP contribution is 2.30. The van der Waals surface area contributed by atoms with E-state index in [0.29, 0.717) is 11.7 Å². The molecule has 2 amide bonds. The molecule has 1 saturated heterocycles. The maximum atomic E-state index is 13.1. The summed E-state index contributed by atoms with van der Waals surface area (Å²) in [6, 6.07) is 27.5. The summed E-state index contributed by atoms with van der Waals surface area (Å²) in [5.41, 5.74) is 3.81. The number of benzene rings is 3. The fourth-order valence-corrected chi connectivity index (χ4v) is 4.83. The first kappa shape index (κ1) is 22.8. The number of nitrogens with one attached hydrogen (secondary N) is 1. The van der Waals surface area contributed by atoms with Crippen LogP contribution in [0.5, 0.6) is 0 Å². The zero-order chi connectivity index (χ0) is 23.0. The van der Waals surface area contributed by atoms with Gasteiger partial charge in [0.25, 0.3) is 0 Å². The average molecular weight is 458 g/mol. The lowest BCUT2D eigenvalue weighted by atomic mass is 10.1. The molecule has 0 bridgehead atoms. The molecular formula is C27H27N3O2S. The molecule has 1 atom stereocenters. The molecule has 1 fully saturated rings. The van der Waals surface area contributed by atoms with E-state index in [4.69, 9.17) is 4.99 Å². The number of para-hydroxylation sites is 1. The van der Waals surface area contributed by atoms with Crippen LogP contribution in [0.2, 0.25) is 0 Å². The molecule has 168 valence electrons. The second kappa shape index (κ2) is 11.0. The number of amidine groups is 1. The number of nitrogens with zero attached hydrogens (tertiary/aromatic N) is 2. The van der Waals surface area contributed by atoms with Crippen molar-refractivity contribution in [3.8, 4) is 0 Å². The van der Waals surface area contributed by atoms with Gasteiger partial charge in [-0.2, -0.15) is 0 Å². The summed E-state index contributed by atoms with van der Waals surface area (Å²) in [5, 5.41) is 3.01. The second-order valence-electron chi connectivity index (χ2n) is 8.03. The predicted octanol–water partition coefficient (Wildman–Crippen LogP) is 5.59. The normalized spacial score (nSPS) is 17.2. The maximum absolute atomic E-state index is 13.1. The van der Waals surface area contributed by atoms with Gasteiger partial charge in [-0.3, -0.25) is 14.5 Å². The number of rotatable bonds is 7. The SMILES string of the molecule is Cc1cccc(NC(=O)C2CC(=O)N(CCCc3ccccc3)C(=Nc3ccccc3)S2)c1. The summed E-state index contributed by atoms with van der Waals surface area (Å²) in [6.07, 6.45) is 1.86. The summed E-state index contributed by atoms with van der Waals surface area (Å²) in [4.78, 5) is 32.5. The molecule has 3 aromatic carbocycles. The molecular weight excluding hydrogens is 430 g/mol. The fourth-order valence-electron chi connectivity index (χ4n) is 3.71. The zero-order valence-electron chi connectivity index (χ0n) is 18.6. The van der Waals surface area contributed by atoms with Crippen LogP contribution in [0.15, 0.2) is 89.9 Å². The van der Waals surface area contributed by atoms with Gasteiger partial charge in [-0.25, -0.2) is 4.99 Å². The first-order valence-corrected chi connectivity index (χ1v) is 12.0. The lowest BCUT2D eigenvalue weighted by Crippen LogP contribution is -2.45. The van der Waals surface area contributed by atoms with Gasteiger partial charge in [-0.15, -0.1) is 0 Å². The Kier molecular flexibility index (Phi) is 7.58. The van der Waals surface area contributed by atoms with E-state index in [1.165, 1.54) is 17.3 Å². The summed E-state index contributed by atoms with van der Waals surface area (Å²) < 4.78 is 0. The minimum Gasteiger partial charge on any atom is -0.325 e. The summed E-state index contributed by atoms with van der Waals surface area (Å²) in [7, 11) is 0. The second-order valence-corrected chi connectivity index (χ2v) is 9.20. The van der Waals surface area contributed by atoms with Crippen molar-refractivity contribution < 1.29 is 9.59 Å². The fraction of sp³-hybridized carbons (Fsp3) is 0.222. The summed E-state index contributed by atoms with van der Waals surface area (Å²) in [6.45, 7) is 2.55. The van der Waals surface area contributed by atoms with Crippen molar-refractivity contribution in [3.05, 3.63) is 96.1 Å². The van der Waals surface area contributed by atoms with E-state index in [-0.39, 0.29) is 18.2 Å². The molecule has 1 heterocycles. The number of hydrogen-bond donors (Lipinski definition) is 1. The van der Waals surface area contributed by atoms with Crippen LogP contribution in [-0.4, -0.2) is 33.7 Å². The molecule has 4 rings (SSSR count). The number of hydrogen-bond acceptors (Lipinski definition) is 4. The largest absolute Gasteiger partial charge is 0.325 e. The van der Waals surface area contributed by atoms with E-state index in [0.717, 1.165) is 29.8 Å². The van der Waals surface area contributed by atoms with Gasteiger partial charge >= 0.3 is 0 Å². The lowest BCUT2D eigenvalue weighted by molar-refractivity contribution is -0.129. The van der Waals surface area contributed by atoms with Gasteiger partial charge in [0.05, 0.1) is 5.69 Å². The van der Waals surface area contributed by atoms with Crippen LogP contribution in [0.1, 0.15) is 24.0 Å². The van der Waals surface area contributed by atoms with Crippen molar-refractivity contribution in [2.75, 3.05) is 11.9 Å². The highest BCUT2D eigenvalue weighted by molar-refractivity contribution is 8.15. The lowest BCUT2D eigenvalue weighted by Gasteiger charge is -2.32. The Morgan fingerprint density at radius 1 is 1.03 bits per heavy atom. The van der Waals surface area contributed by atoms with Crippen LogP contribution in [0.25, 0.3) is 0 Å². The van der Waals surface area contributed by atoms with Gasteiger partial charge in [-0.1, -0.05) is 72.4 Å². The van der Waals surface area contributed by atoms with Gasteiger partial charge in [0.2, 0.25) is 11.8 Å². The van der Waals surface area contributed by atoms with Crippen LogP contribution in [0.4, 0.5) is 11.4 Å². The molecule has 0 spiro atoms. The molecule has 1 unspecified atom stereocenters. The van der Waals surface area contributed by atoms with Crippen molar-refractivity contribution in [2.24, 2.45) is 4.99 Å². The molecule has 0 saturated carbocycles. The first-order valence-electron chi connectivity index (χ1n) is 11.1. The molecule has 0 aromatic heterocycles. The van der Waals surface area contributed by atoms with Gasteiger partial charge in [0.15, 0.2) is 5.17 Å². The van der Waals surface area contributed by atoms with Crippen molar-refractivity contribution in [2.45, 2.75) is 31.4 Å². The quantitative estimate of drug-likeness (QED) is 0.503. The Balaban J connectivity index is 1.49. The third-order valence-electron chi connectivity index (χ3n) is 5.39. The monoisotopic (exact) mass is 457 g/mol. The Morgan fingerprint density at radius 2 is 1.76 bits per heavy atom. The number of aryl methyl sites for hydroxylation is 2. The van der Waals surface area contributed by atoms with Gasteiger partial charge < -0.3 is 5.32 Å². The average Bonchev–Trinajstić information content (AvgIpc) is 2.82. The van der Waals surface area contributed by atoms with Crippen molar-refractivity contribution in [1.29, 1.82) is 0 Å². The topological polar surface area (TPSA) is 61.8 Å². The number of carbonyl (C=O) groups is 2. The van der Waals surface area contributed by atoms with E-state index in [9.17, 15) is 9.59 Å². The number of carbonyl (C=O) groups excluding carboxylic acids is 2. The Hall–Kier alpha value is -3.38. The molecule has 0 radical (unpaired) electrons. The standard InChI is InChI=1S/C27H27N3O2S/c1-20-10-8-16-23(18-20)28-26(32)24-19-25(31)30(17-9-13-21-11-4-2-5-12-21)27(33-24)29-22-14-6-3-7-15-22/h2-8,10-12,14-16,18,24H,9,13,17,19H2,1H3,(H,28,32). The molecule has 33 heavy (non-hydrogen) atoms. The van der Waals surface area contributed by atoms with E-state index >= 15 is 0 Å². The van der Waals surface area contributed by atoms with Gasteiger partial charge in [0.1, 0.15) is 5.25 Å². The molecule has 0 aliphatic carbocycles. The smallest absolute Gasteiger partial charge is 0.238 e. The highest BCUT2D eigenvalue weighted by Gasteiger charge is 2.35. The van der Waals surface area contributed by atoms with Crippen molar-refractivity contribution >= 4 is 40.1 Å². The van der Waals surface area contributed by atoms with Crippen LogP contribution in [-0.2, 0) is 16.0 Å². The highest BCUT2D eigenvalue weighted by atomic mass is 32.2. The van der Waals surface area contributed by atoms with Crippen LogP contribution in [0.3, 0.4) is 0 Å². The van der Waals surface area contributed by atoms with E-state index in [1.54, 1.807) is 4.90 Å². The van der Waals surface area contributed by atoms with E-state index in [2.05, 4.69) is 17.4 Å². The summed E-state index contributed by atoms with van der Waals surface area (Å²) in [5.74, 6) is -0.246. The third-order valence-corrected chi connectivity index (χ3v) is 6.58. The zero-order valence-corrected chi connectivity index (χ0v) is 19.4. The maximum Gasteiger partial charge on any atom is 0.238 e. The van der Waals surface area contributed by atoms with Gasteiger partial charge in [0, 0.05) is 18.7 Å². The number of aliphatic imine (C=N–C) groups is 1. The molecule has 1 aliphatic rings. The van der Waals surface area contributed by atoms with Crippen molar-refractivity contribution in [3.63, 3.8) is 0 Å².